The molecule has 3 rings (SSSR count). The van der Waals surface area contributed by atoms with Gasteiger partial charge in [-0.2, -0.15) is 0 Å². The van der Waals surface area contributed by atoms with E-state index in [9.17, 15) is 4.79 Å². The van der Waals surface area contributed by atoms with Gasteiger partial charge in [-0.05, 0) is 18.4 Å². The molecule has 0 saturated heterocycles. The normalized spacial score (nSPS) is 23.6. The van der Waals surface area contributed by atoms with E-state index in [2.05, 4.69) is 17.2 Å². The van der Waals surface area contributed by atoms with Crippen molar-refractivity contribution < 1.29 is 4.42 Å². The first-order valence-electron chi connectivity index (χ1n) is 5.32. The van der Waals surface area contributed by atoms with E-state index in [0.717, 1.165) is 5.69 Å². The largest absolute Gasteiger partial charge is 0.417 e. The molecule has 1 aliphatic rings. The molecule has 1 aliphatic carbocycles. The summed E-state index contributed by atoms with van der Waals surface area (Å²) in [5.41, 5.74) is 8.52. The summed E-state index contributed by atoms with van der Waals surface area (Å²) in [5.74, 6) is 0.241. The average Bonchev–Trinajstić information content (AvgIpc) is 2.76. The van der Waals surface area contributed by atoms with Gasteiger partial charge in [-0.1, -0.05) is 6.92 Å². The van der Waals surface area contributed by atoms with E-state index >= 15 is 0 Å². The Bertz CT molecular complexity index is 599. The molecule has 84 valence electrons. The third-order valence-electron chi connectivity index (χ3n) is 3.04. The molecule has 1 fully saturated rings. The van der Waals surface area contributed by atoms with Crippen LogP contribution in [0, 0.1) is 5.92 Å². The van der Waals surface area contributed by atoms with Crippen LogP contribution in [0.5, 0.6) is 0 Å². The number of fused-ring (bicyclic) bond motifs is 1. The predicted octanol–water partition coefficient (Wildman–Crippen LogP) is 1.52. The fraction of sp³-hybridized carbons (Fsp3) is 0.364. The molecule has 0 amide bonds. The lowest BCUT2D eigenvalue weighted by Crippen LogP contribution is -2.05. The minimum absolute atomic E-state index is 0.452. The summed E-state index contributed by atoms with van der Waals surface area (Å²) < 4.78 is 4.93. The Morgan fingerprint density at radius 3 is 3.00 bits per heavy atom. The van der Waals surface area contributed by atoms with Crippen molar-refractivity contribution >= 4 is 22.5 Å². The molecule has 4 N–H and O–H groups in total. The number of nitrogen functional groups attached to an aromatic ring is 1. The molecule has 2 aromatic rings. The van der Waals surface area contributed by atoms with Gasteiger partial charge in [-0.3, -0.25) is 4.98 Å². The lowest BCUT2D eigenvalue weighted by Gasteiger charge is -2.07. The zero-order valence-electron chi connectivity index (χ0n) is 8.91. The summed E-state index contributed by atoms with van der Waals surface area (Å²) in [6.45, 7) is 2.19. The van der Waals surface area contributed by atoms with Crippen LogP contribution >= 0.6 is 0 Å². The monoisotopic (exact) mass is 219 g/mol. The molecule has 0 aliphatic heterocycles. The molecule has 1 heterocycles. The van der Waals surface area contributed by atoms with Gasteiger partial charge in [0.2, 0.25) is 0 Å². The summed E-state index contributed by atoms with van der Waals surface area (Å²) in [6.07, 6.45) is 1.17. The molecule has 2 unspecified atom stereocenters. The van der Waals surface area contributed by atoms with Crippen molar-refractivity contribution in [3.8, 4) is 0 Å². The second kappa shape index (κ2) is 3.04. The third kappa shape index (κ3) is 1.44. The van der Waals surface area contributed by atoms with Gasteiger partial charge in [0.05, 0.1) is 16.9 Å². The van der Waals surface area contributed by atoms with Gasteiger partial charge in [0.25, 0.3) is 0 Å². The number of hydrogen-bond acceptors (Lipinski definition) is 4. The Labute approximate surface area is 91.6 Å². The fourth-order valence-corrected chi connectivity index (χ4v) is 1.86. The van der Waals surface area contributed by atoms with Gasteiger partial charge in [-0.15, -0.1) is 0 Å². The number of aromatic nitrogens is 1. The average molecular weight is 219 g/mol. The van der Waals surface area contributed by atoms with E-state index in [4.69, 9.17) is 10.2 Å². The fourth-order valence-electron chi connectivity index (χ4n) is 1.86. The van der Waals surface area contributed by atoms with Crippen molar-refractivity contribution in [3.05, 3.63) is 22.7 Å². The first-order valence-corrected chi connectivity index (χ1v) is 5.32. The number of H-pyrrole nitrogens is 1. The summed E-state index contributed by atoms with van der Waals surface area (Å²) in [5, 5.41) is 3.35. The van der Waals surface area contributed by atoms with E-state index in [-0.39, 0.29) is 0 Å². The second-order valence-electron chi connectivity index (χ2n) is 4.41. The van der Waals surface area contributed by atoms with E-state index in [1.807, 2.05) is 6.07 Å². The lowest BCUT2D eigenvalue weighted by atomic mass is 10.2. The molecule has 0 spiro atoms. The first kappa shape index (κ1) is 9.33. The molecular weight excluding hydrogens is 206 g/mol. The number of rotatable bonds is 2. The molecular formula is C11H13N3O2. The Hall–Kier alpha value is -1.91. The van der Waals surface area contributed by atoms with Crippen LogP contribution in [0.25, 0.3) is 11.1 Å². The van der Waals surface area contributed by atoms with Crippen LogP contribution in [-0.4, -0.2) is 11.0 Å². The molecule has 2 atom stereocenters. The Balaban J connectivity index is 2.03. The Morgan fingerprint density at radius 1 is 1.56 bits per heavy atom. The number of aromatic amines is 1. The third-order valence-corrected chi connectivity index (χ3v) is 3.04. The van der Waals surface area contributed by atoms with E-state index in [1.165, 1.54) is 6.42 Å². The molecule has 1 aromatic carbocycles. The minimum atomic E-state index is -0.452. The van der Waals surface area contributed by atoms with Crippen LogP contribution in [0.2, 0.25) is 0 Å². The van der Waals surface area contributed by atoms with Gasteiger partial charge in [-0.25, -0.2) is 4.79 Å². The summed E-state index contributed by atoms with van der Waals surface area (Å²) in [6, 6.07) is 3.99. The van der Waals surface area contributed by atoms with Gasteiger partial charge >= 0.3 is 5.76 Å². The summed E-state index contributed by atoms with van der Waals surface area (Å²) in [4.78, 5) is 13.6. The van der Waals surface area contributed by atoms with Crippen LogP contribution in [0.1, 0.15) is 13.3 Å². The molecule has 1 aromatic heterocycles. The SMILES string of the molecule is CC1CC1Nc1cc2[nH]c(=O)oc2cc1N. The molecule has 16 heavy (non-hydrogen) atoms. The number of oxazole rings is 1. The van der Waals surface area contributed by atoms with Crippen LogP contribution in [-0.2, 0) is 0 Å². The summed E-state index contributed by atoms with van der Waals surface area (Å²) >= 11 is 0. The molecule has 5 heteroatoms. The number of nitrogens with two attached hydrogens (primary N) is 1. The molecule has 1 saturated carbocycles. The van der Waals surface area contributed by atoms with Gasteiger partial charge in [0.1, 0.15) is 0 Å². The highest BCUT2D eigenvalue weighted by atomic mass is 16.4. The van der Waals surface area contributed by atoms with E-state index in [1.54, 1.807) is 6.07 Å². The van der Waals surface area contributed by atoms with Crippen molar-refractivity contribution in [1.29, 1.82) is 0 Å². The highest BCUT2D eigenvalue weighted by Crippen LogP contribution is 2.35. The van der Waals surface area contributed by atoms with E-state index < -0.39 is 5.76 Å². The second-order valence-corrected chi connectivity index (χ2v) is 4.41. The van der Waals surface area contributed by atoms with Gasteiger partial charge in [0, 0.05) is 12.1 Å². The van der Waals surface area contributed by atoms with Gasteiger partial charge < -0.3 is 15.5 Å². The van der Waals surface area contributed by atoms with Crippen molar-refractivity contribution in [2.24, 2.45) is 5.92 Å². The highest BCUT2D eigenvalue weighted by Gasteiger charge is 2.32. The molecule has 0 radical (unpaired) electrons. The lowest BCUT2D eigenvalue weighted by molar-refractivity contribution is 0.555. The maximum atomic E-state index is 11.0. The predicted molar refractivity (Wildman–Crippen MR) is 62.4 cm³/mol. The number of hydrogen-bond donors (Lipinski definition) is 3. The van der Waals surface area contributed by atoms with Crippen molar-refractivity contribution in [2.45, 2.75) is 19.4 Å². The zero-order chi connectivity index (χ0) is 11.3. The maximum Gasteiger partial charge on any atom is 0.417 e. The minimum Gasteiger partial charge on any atom is -0.408 e. The van der Waals surface area contributed by atoms with Crippen molar-refractivity contribution in [2.75, 3.05) is 11.1 Å². The number of anilines is 2. The van der Waals surface area contributed by atoms with Crippen LogP contribution < -0.4 is 16.8 Å². The van der Waals surface area contributed by atoms with Crippen LogP contribution in [0.15, 0.2) is 21.3 Å². The number of nitrogens with one attached hydrogen (secondary N) is 2. The van der Waals surface area contributed by atoms with Crippen molar-refractivity contribution in [3.63, 3.8) is 0 Å². The summed E-state index contributed by atoms with van der Waals surface area (Å²) in [7, 11) is 0. The number of benzene rings is 1. The Morgan fingerprint density at radius 2 is 2.31 bits per heavy atom. The molecule has 5 nitrogen and oxygen atoms in total. The van der Waals surface area contributed by atoms with Gasteiger partial charge in [0.15, 0.2) is 5.58 Å². The first-order chi connectivity index (χ1) is 7.63. The highest BCUT2D eigenvalue weighted by molar-refractivity contribution is 5.85. The molecule has 0 bridgehead atoms. The Kier molecular flexibility index (Phi) is 1.77. The van der Waals surface area contributed by atoms with E-state index in [0.29, 0.717) is 28.7 Å². The van der Waals surface area contributed by atoms with Crippen LogP contribution in [0.4, 0.5) is 11.4 Å². The van der Waals surface area contributed by atoms with Crippen molar-refractivity contribution in [1.82, 2.24) is 4.98 Å². The topological polar surface area (TPSA) is 84.0 Å². The van der Waals surface area contributed by atoms with Crippen LogP contribution in [0.3, 0.4) is 0 Å². The quantitative estimate of drug-likeness (QED) is 0.669. The zero-order valence-corrected chi connectivity index (χ0v) is 8.91. The maximum absolute atomic E-state index is 11.0. The smallest absolute Gasteiger partial charge is 0.408 e. The standard InChI is InChI=1S/C11H13N3O2/c1-5-2-7(5)13-8-4-9-10(3-6(8)12)16-11(15)14-9/h3-5,7,13H,2,12H2,1H3,(H,14,15).